The predicted octanol–water partition coefficient (Wildman–Crippen LogP) is 3.12. The normalized spacial score (nSPS) is 11.3. The van der Waals surface area contributed by atoms with Gasteiger partial charge < -0.3 is 24.3 Å². The molecule has 1 N–H and O–H groups in total. The first-order valence-corrected chi connectivity index (χ1v) is 7.41. The lowest BCUT2D eigenvalue weighted by atomic mass is 10.2. The first-order chi connectivity index (χ1) is 11.6. The minimum atomic E-state index is -0.661. The van der Waals surface area contributed by atoms with E-state index in [0.29, 0.717) is 28.7 Å². The van der Waals surface area contributed by atoms with Crippen LogP contribution in [0.1, 0.15) is 6.92 Å². The van der Waals surface area contributed by atoms with E-state index in [1.54, 1.807) is 31.2 Å². The molecule has 2 aromatic carbocycles. The van der Waals surface area contributed by atoms with Crippen molar-refractivity contribution in [2.45, 2.75) is 13.0 Å². The summed E-state index contributed by atoms with van der Waals surface area (Å²) in [4.78, 5) is 12.3. The van der Waals surface area contributed by atoms with Crippen molar-refractivity contribution < 1.29 is 23.7 Å². The Morgan fingerprint density at radius 1 is 0.958 bits per heavy atom. The molecule has 0 heterocycles. The summed E-state index contributed by atoms with van der Waals surface area (Å²) in [6.07, 6.45) is -0.661. The summed E-state index contributed by atoms with van der Waals surface area (Å²) < 4.78 is 21.4. The largest absolute Gasteiger partial charge is 0.493 e. The van der Waals surface area contributed by atoms with E-state index >= 15 is 0 Å². The van der Waals surface area contributed by atoms with Gasteiger partial charge >= 0.3 is 0 Å². The number of rotatable bonds is 7. The van der Waals surface area contributed by atoms with Crippen molar-refractivity contribution in [3.8, 4) is 23.0 Å². The number of ether oxygens (including phenoxy) is 4. The molecule has 0 spiro atoms. The average molecular weight is 331 g/mol. The monoisotopic (exact) mass is 331 g/mol. The lowest BCUT2D eigenvalue weighted by Gasteiger charge is -2.17. The zero-order chi connectivity index (χ0) is 17.5. The van der Waals surface area contributed by atoms with Crippen molar-refractivity contribution in [3.63, 3.8) is 0 Å². The van der Waals surface area contributed by atoms with Crippen LogP contribution < -0.4 is 24.3 Å². The van der Waals surface area contributed by atoms with Crippen molar-refractivity contribution in [1.82, 2.24) is 0 Å². The second kappa shape index (κ2) is 8.10. The third-order valence-electron chi connectivity index (χ3n) is 3.36. The SMILES string of the molecule is COc1cc(NC(=O)C(C)Oc2ccccc2)cc(OC)c1OC. The van der Waals surface area contributed by atoms with Crippen LogP contribution in [0.25, 0.3) is 0 Å². The molecule has 1 amide bonds. The number of para-hydroxylation sites is 1. The number of methoxy groups -OCH3 is 3. The van der Waals surface area contributed by atoms with Crippen molar-refractivity contribution in [2.75, 3.05) is 26.6 Å². The molecule has 6 heteroatoms. The topological polar surface area (TPSA) is 66.0 Å². The minimum Gasteiger partial charge on any atom is -0.493 e. The number of hydrogen-bond acceptors (Lipinski definition) is 5. The molecule has 24 heavy (non-hydrogen) atoms. The van der Waals surface area contributed by atoms with Crippen LogP contribution in [0.4, 0.5) is 5.69 Å². The predicted molar refractivity (Wildman–Crippen MR) is 91.3 cm³/mol. The van der Waals surface area contributed by atoms with E-state index in [0.717, 1.165) is 0 Å². The summed E-state index contributed by atoms with van der Waals surface area (Å²) in [6.45, 7) is 1.68. The minimum absolute atomic E-state index is 0.284. The van der Waals surface area contributed by atoms with Gasteiger partial charge in [-0.05, 0) is 19.1 Å². The number of nitrogens with one attached hydrogen (secondary N) is 1. The number of benzene rings is 2. The number of hydrogen-bond donors (Lipinski definition) is 1. The maximum atomic E-state index is 12.3. The van der Waals surface area contributed by atoms with Gasteiger partial charge in [0.05, 0.1) is 21.3 Å². The van der Waals surface area contributed by atoms with Gasteiger partial charge in [-0.25, -0.2) is 0 Å². The second-order valence-electron chi connectivity index (χ2n) is 4.98. The summed E-state index contributed by atoms with van der Waals surface area (Å²) in [5.41, 5.74) is 0.526. The van der Waals surface area contributed by atoms with Crippen LogP contribution in [0.2, 0.25) is 0 Å². The molecule has 0 saturated heterocycles. The molecule has 0 aliphatic carbocycles. The van der Waals surface area contributed by atoms with E-state index in [1.165, 1.54) is 21.3 Å². The van der Waals surface area contributed by atoms with Crippen LogP contribution in [0.3, 0.4) is 0 Å². The molecule has 0 saturated carbocycles. The summed E-state index contributed by atoms with van der Waals surface area (Å²) in [5, 5.41) is 2.78. The quantitative estimate of drug-likeness (QED) is 0.844. The molecule has 0 radical (unpaired) electrons. The molecule has 1 atom stereocenters. The third-order valence-corrected chi connectivity index (χ3v) is 3.36. The Morgan fingerprint density at radius 3 is 2.04 bits per heavy atom. The third kappa shape index (κ3) is 4.10. The van der Waals surface area contributed by atoms with Gasteiger partial charge in [-0.15, -0.1) is 0 Å². The number of amides is 1. The van der Waals surface area contributed by atoms with E-state index in [2.05, 4.69) is 5.32 Å². The Labute approximate surface area is 141 Å². The van der Waals surface area contributed by atoms with Crippen LogP contribution in [0.5, 0.6) is 23.0 Å². The Bertz CT molecular complexity index is 662. The van der Waals surface area contributed by atoms with E-state index in [1.807, 2.05) is 18.2 Å². The lowest BCUT2D eigenvalue weighted by Crippen LogP contribution is -2.30. The van der Waals surface area contributed by atoms with Crippen molar-refractivity contribution in [2.24, 2.45) is 0 Å². The smallest absolute Gasteiger partial charge is 0.265 e. The molecule has 0 fully saturated rings. The highest BCUT2D eigenvalue weighted by atomic mass is 16.5. The molecular weight excluding hydrogens is 310 g/mol. The fraction of sp³-hybridized carbons (Fsp3) is 0.278. The Morgan fingerprint density at radius 2 is 1.54 bits per heavy atom. The average Bonchev–Trinajstić information content (AvgIpc) is 2.61. The first kappa shape index (κ1) is 17.5. The van der Waals surface area contributed by atoms with E-state index < -0.39 is 6.10 Å². The molecular formula is C18H21NO5. The molecule has 6 nitrogen and oxygen atoms in total. The fourth-order valence-electron chi connectivity index (χ4n) is 2.15. The number of anilines is 1. The van der Waals surface area contributed by atoms with Gasteiger partial charge in [0.1, 0.15) is 5.75 Å². The van der Waals surface area contributed by atoms with E-state index in [9.17, 15) is 4.79 Å². The van der Waals surface area contributed by atoms with Gasteiger partial charge in [0.2, 0.25) is 5.75 Å². The highest BCUT2D eigenvalue weighted by Crippen LogP contribution is 2.39. The molecule has 2 aromatic rings. The summed E-state index contributed by atoms with van der Waals surface area (Å²) in [5.74, 6) is 1.73. The maximum Gasteiger partial charge on any atom is 0.265 e. The summed E-state index contributed by atoms with van der Waals surface area (Å²) >= 11 is 0. The van der Waals surface area contributed by atoms with Gasteiger partial charge in [0, 0.05) is 17.8 Å². The fourth-order valence-corrected chi connectivity index (χ4v) is 2.15. The summed E-state index contributed by atoms with van der Waals surface area (Å²) in [6, 6.07) is 12.5. The highest BCUT2D eigenvalue weighted by Gasteiger charge is 2.18. The van der Waals surface area contributed by atoms with Gasteiger partial charge in [-0.3, -0.25) is 4.79 Å². The molecule has 0 bridgehead atoms. The Hall–Kier alpha value is -2.89. The zero-order valence-corrected chi connectivity index (χ0v) is 14.2. The van der Waals surface area contributed by atoms with Gasteiger partial charge in [0.25, 0.3) is 5.91 Å². The second-order valence-corrected chi connectivity index (χ2v) is 4.98. The van der Waals surface area contributed by atoms with Crippen LogP contribution in [-0.4, -0.2) is 33.3 Å². The molecule has 0 aromatic heterocycles. The molecule has 0 aliphatic heterocycles. The van der Waals surface area contributed by atoms with Crippen molar-refractivity contribution in [1.29, 1.82) is 0 Å². The van der Waals surface area contributed by atoms with Crippen LogP contribution in [-0.2, 0) is 4.79 Å². The lowest BCUT2D eigenvalue weighted by molar-refractivity contribution is -0.122. The van der Waals surface area contributed by atoms with Crippen molar-refractivity contribution in [3.05, 3.63) is 42.5 Å². The Balaban J connectivity index is 2.13. The maximum absolute atomic E-state index is 12.3. The molecule has 2 rings (SSSR count). The van der Waals surface area contributed by atoms with Crippen LogP contribution in [0.15, 0.2) is 42.5 Å². The zero-order valence-electron chi connectivity index (χ0n) is 14.2. The van der Waals surface area contributed by atoms with Gasteiger partial charge in [-0.1, -0.05) is 18.2 Å². The highest BCUT2D eigenvalue weighted by molar-refractivity contribution is 5.94. The number of carbonyl (C=O) groups excluding carboxylic acids is 1. The van der Waals surface area contributed by atoms with Gasteiger partial charge in [-0.2, -0.15) is 0 Å². The summed E-state index contributed by atoms with van der Waals surface area (Å²) in [7, 11) is 4.56. The first-order valence-electron chi connectivity index (χ1n) is 7.41. The van der Waals surface area contributed by atoms with Crippen molar-refractivity contribution >= 4 is 11.6 Å². The standard InChI is InChI=1S/C18H21NO5/c1-12(24-14-8-6-5-7-9-14)18(20)19-13-10-15(21-2)17(23-4)16(11-13)22-3/h5-12H,1-4H3,(H,19,20). The molecule has 0 aliphatic rings. The van der Waals surface area contributed by atoms with Crippen LogP contribution in [0, 0.1) is 0 Å². The molecule has 128 valence electrons. The van der Waals surface area contributed by atoms with E-state index in [4.69, 9.17) is 18.9 Å². The van der Waals surface area contributed by atoms with Crippen LogP contribution >= 0.6 is 0 Å². The van der Waals surface area contributed by atoms with E-state index in [-0.39, 0.29) is 5.91 Å². The number of carbonyl (C=O) groups is 1. The Kier molecular flexibility index (Phi) is 5.89. The molecule has 1 unspecified atom stereocenters. The van der Waals surface area contributed by atoms with Gasteiger partial charge in [0.15, 0.2) is 17.6 Å².